The fraction of sp³-hybridized carbons (Fsp3) is 0.640. The zero-order valence-corrected chi connectivity index (χ0v) is 22.0. The monoisotopic (exact) mass is 521 g/mol. The van der Waals surface area contributed by atoms with E-state index >= 15 is 0 Å². The number of fused-ring (bicyclic) bond motifs is 1. The summed E-state index contributed by atoms with van der Waals surface area (Å²) in [6, 6.07) is 4.46. The van der Waals surface area contributed by atoms with Crippen molar-refractivity contribution in [2.75, 3.05) is 50.8 Å². The van der Waals surface area contributed by atoms with E-state index in [4.69, 9.17) is 9.47 Å². The van der Waals surface area contributed by atoms with Crippen molar-refractivity contribution in [3.05, 3.63) is 18.2 Å². The van der Waals surface area contributed by atoms with Crippen molar-refractivity contribution in [3.8, 4) is 5.75 Å². The molecule has 0 aliphatic carbocycles. The maximum absolute atomic E-state index is 13.4. The molecule has 0 radical (unpaired) electrons. The maximum Gasteiger partial charge on any atom is 0.310 e. The number of piperidine rings is 2. The molecule has 0 bridgehead atoms. The zero-order valence-electron chi connectivity index (χ0n) is 21.1. The summed E-state index contributed by atoms with van der Waals surface area (Å²) in [5.74, 6) is -0.585. The average Bonchev–Trinajstić information content (AvgIpc) is 2.85. The maximum atomic E-state index is 13.4. The van der Waals surface area contributed by atoms with Crippen LogP contribution in [0, 0.1) is 17.8 Å². The van der Waals surface area contributed by atoms with Gasteiger partial charge in [-0.25, -0.2) is 8.42 Å². The van der Waals surface area contributed by atoms with Crippen molar-refractivity contribution in [2.45, 2.75) is 44.9 Å². The fourth-order valence-electron chi connectivity index (χ4n) is 5.36. The van der Waals surface area contributed by atoms with Gasteiger partial charge in [-0.3, -0.25) is 19.3 Å². The molecular weight excluding hydrogens is 486 g/mol. The Kier molecular flexibility index (Phi) is 7.89. The Morgan fingerprint density at radius 1 is 1.14 bits per heavy atom. The topological polar surface area (TPSA) is 114 Å². The summed E-state index contributed by atoms with van der Waals surface area (Å²) < 4.78 is 39.0. The van der Waals surface area contributed by atoms with Crippen LogP contribution in [0.25, 0.3) is 0 Å². The second-order valence-corrected chi connectivity index (χ2v) is 12.0. The van der Waals surface area contributed by atoms with Gasteiger partial charge < -0.3 is 14.4 Å². The highest BCUT2D eigenvalue weighted by Crippen LogP contribution is 2.36. The highest BCUT2D eigenvalue weighted by Gasteiger charge is 2.36. The number of carbonyl (C=O) groups is 3. The van der Waals surface area contributed by atoms with Crippen molar-refractivity contribution in [1.82, 2.24) is 9.21 Å². The van der Waals surface area contributed by atoms with E-state index in [-0.39, 0.29) is 66.5 Å². The van der Waals surface area contributed by atoms with Gasteiger partial charge in [0.1, 0.15) is 12.3 Å². The molecule has 4 rings (SSSR count). The normalized spacial score (nSPS) is 25.2. The van der Waals surface area contributed by atoms with Crippen LogP contribution >= 0.6 is 0 Å². The first-order chi connectivity index (χ1) is 17.1. The second-order valence-electron chi connectivity index (χ2n) is 10.1. The predicted octanol–water partition coefficient (Wildman–Crippen LogP) is 1.88. The van der Waals surface area contributed by atoms with E-state index < -0.39 is 15.9 Å². The van der Waals surface area contributed by atoms with Crippen LogP contribution in [0.15, 0.2) is 23.1 Å². The Bertz CT molecular complexity index is 1110. The molecule has 10 nitrogen and oxygen atoms in total. The van der Waals surface area contributed by atoms with Crippen molar-refractivity contribution in [3.63, 3.8) is 0 Å². The molecule has 0 saturated carbocycles. The highest BCUT2D eigenvalue weighted by molar-refractivity contribution is 7.89. The minimum atomic E-state index is -3.78. The third-order valence-corrected chi connectivity index (χ3v) is 8.86. The highest BCUT2D eigenvalue weighted by atomic mass is 32.2. The first-order valence-corrected chi connectivity index (χ1v) is 14.1. The van der Waals surface area contributed by atoms with E-state index in [1.54, 1.807) is 17.9 Å². The minimum Gasteiger partial charge on any atom is -0.482 e. The summed E-state index contributed by atoms with van der Waals surface area (Å²) in [7, 11) is -3.78. The average molecular weight is 522 g/mol. The van der Waals surface area contributed by atoms with E-state index in [0.29, 0.717) is 38.2 Å². The molecular formula is C25H35N3O7S. The van der Waals surface area contributed by atoms with E-state index in [1.807, 2.05) is 13.8 Å². The quantitative estimate of drug-likeness (QED) is 0.525. The molecule has 3 heterocycles. The summed E-state index contributed by atoms with van der Waals surface area (Å²) in [4.78, 5) is 41.0. The van der Waals surface area contributed by atoms with Crippen LogP contribution in [0.1, 0.15) is 40.0 Å². The minimum absolute atomic E-state index is 0.0682. The Morgan fingerprint density at radius 3 is 2.56 bits per heavy atom. The number of benzene rings is 1. The first kappa shape index (κ1) is 26.4. The van der Waals surface area contributed by atoms with Crippen molar-refractivity contribution < 1.29 is 32.3 Å². The number of esters is 1. The number of hydrogen-bond acceptors (Lipinski definition) is 7. The summed E-state index contributed by atoms with van der Waals surface area (Å²) in [6.45, 7) is 7.22. The number of likely N-dealkylation sites (tertiary alicyclic amines) is 1. The Hall–Kier alpha value is -2.66. The molecule has 1 aromatic carbocycles. The lowest BCUT2D eigenvalue weighted by Gasteiger charge is -2.35. The van der Waals surface area contributed by atoms with Gasteiger partial charge in [0.15, 0.2) is 6.61 Å². The van der Waals surface area contributed by atoms with Gasteiger partial charge >= 0.3 is 5.97 Å². The van der Waals surface area contributed by atoms with Crippen LogP contribution < -0.4 is 9.64 Å². The summed E-state index contributed by atoms with van der Waals surface area (Å²) in [5, 5.41) is 0. The van der Waals surface area contributed by atoms with E-state index in [0.717, 1.165) is 6.42 Å². The number of anilines is 1. The number of hydrogen-bond donors (Lipinski definition) is 0. The van der Waals surface area contributed by atoms with Crippen LogP contribution in [-0.2, 0) is 29.1 Å². The molecule has 2 saturated heterocycles. The van der Waals surface area contributed by atoms with Crippen LogP contribution in [0.2, 0.25) is 0 Å². The van der Waals surface area contributed by atoms with Gasteiger partial charge in [-0.05, 0) is 56.2 Å². The zero-order chi connectivity index (χ0) is 26.0. The lowest BCUT2D eigenvalue weighted by atomic mass is 9.94. The second kappa shape index (κ2) is 10.8. The van der Waals surface area contributed by atoms with Gasteiger partial charge in [0, 0.05) is 26.2 Å². The van der Waals surface area contributed by atoms with Crippen molar-refractivity contribution in [1.29, 1.82) is 0 Å². The van der Waals surface area contributed by atoms with Gasteiger partial charge in [0.25, 0.3) is 5.91 Å². The molecule has 2 fully saturated rings. The molecule has 11 heteroatoms. The molecule has 0 unspecified atom stereocenters. The molecule has 3 aliphatic rings. The summed E-state index contributed by atoms with van der Waals surface area (Å²) >= 11 is 0. The van der Waals surface area contributed by atoms with Crippen LogP contribution in [0.3, 0.4) is 0 Å². The number of rotatable bonds is 6. The molecule has 1 aromatic rings. The van der Waals surface area contributed by atoms with Gasteiger partial charge in [0.05, 0.1) is 23.1 Å². The van der Waals surface area contributed by atoms with Gasteiger partial charge in [-0.2, -0.15) is 4.31 Å². The Balaban J connectivity index is 1.54. The number of nitrogens with zero attached hydrogens (tertiary/aromatic N) is 3. The van der Waals surface area contributed by atoms with Gasteiger partial charge in [0.2, 0.25) is 15.9 Å². The number of sulfonamides is 1. The Labute approximate surface area is 212 Å². The van der Waals surface area contributed by atoms with E-state index in [9.17, 15) is 22.8 Å². The lowest BCUT2D eigenvalue weighted by molar-refractivity contribution is -0.151. The molecule has 3 aliphatic heterocycles. The number of ether oxygens (including phenoxy) is 2. The molecule has 2 amide bonds. The van der Waals surface area contributed by atoms with Gasteiger partial charge in [-0.1, -0.05) is 13.8 Å². The molecule has 198 valence electrons. The SMILES string of the molecule is CCOC(=O)[C@H]1CCCN(C(=O)CN2C(=O)COc3ccc(S(=O)(=O)N4C[C@H](C)C[C@H](C)C4)cc32)C1. The molecule has 0 N–H and O–H groups in total. The van der Waals surface area contributed by atoms with Crippen LogP contribution in [0.5, 0.6) is 5.75 Å². The van der Waals surface area contributed by atoms with Crippen LogP contribution in [0.4, 0.5) is 5.69 Å². The molecule has 36 heavy (non-hydrogen) atoms. The largest absolute Gasteiger partial charge is 0.482 e. The lowest BCUT2D eigenvalue weighted by Crippen LogP contribution is -2.50. The molecule has 3 atom stereocenters. The van der Waals surface area contributed by atoms with E-state index in [2.05, 4.69) is 0 Å². The first-order valence-electron chi connectivity index (χ1n) is 12.6. The predicted molar refractivity (Wildman–Crippen MR) is 132 cm³/mol. The number of amides is 2. The molecule has 0 spiro atoms. The summed E-state index contributed by atoms with van der Waals surface area (Å²) in [5.41, 5.74) is 0.262. The smallest absolute Gasteiger partial charge is 0.310 e. The molecule has 0 aromatic heterocycles. The summed E-state index contributed by atoms with van der Waals surface area (Å²) in [6.07, 6.45) is 2.29. The third kappa shape index (κ3) is 5.51. The third-order valence-electron chi connectivity index (χ3n) is 7.03. The van der Waals surface area contributed by atoms with E-state index in [1.165, 1.54) is 21.3 Å². The number of carbonyl (C=O) groups excluding carboxylic acids is 3. The van der Waals surface area contributed by atoms with Crippen LogP contribution in [-0.4, -0.2) is 81.3 Å². The van der Waals surface area contributed by atoms with Gasteiger partial charge in [-0.15, -0.1) is 0 Å². The standard InChI is InChI=1S/C25H35N3O7S/c1-4-34-25(31)19-6-5-9-26(14-19)23(29)15-28-21-11-20(7-8-22(21)35-16-24(28)30)36(32,33)27-12-17(2)10-18(3)13-27/h7-8,11,17-19H,4-6,9-10,12-16H2,1-3H3/t17-,18+,19-/m0/s1. The fourth-order valence-corrected chi connectivity index (χ4v) is 7.06. The van der Waals surface area contributed by atoms with Crippen molar-refractivity contribution >= 4 is 33.5 Å². The Morgan fingerprint density at radius 2 is 1.86 bits per heavy atom. The van der Waals surface area contributed by atoms with Crippen molar-refractivity contribution in [2.24, 2.45) is 17.8 Å².